The van der Waals surface area contributed by atoms with E-state index in [4.69, 9.17) is 30.4 Å². The Morgan fingerprint density at radius 1 is 0.544 bits per heavy atom. The number of nitrogens with one attached hydrogen (secondary N) is 3. The Bertz CT molecular complexity index is 1270. The minimum Gasteiger partial charge on any atom is -0.466 e. The highest BCUT2D eigenvalue weighted by Crippen LogP contribution is 2.17. The lowest BCUT2D eigenvalue weighted by Crippen LogP contribution is -2.54. The number of ether oxygens (including phenoxy) is 4. The van der Waals surface area contributed by atoms with Gasteiger partial charge in [-0.2, -0.15) is 11.8 Å². The zero-order valence-corrected chi connectivity index (χ0v) is 43.4. The lowest BCUT2D eigenvalue weighted by atomic mass is 10.0. The van der Waals surface area contributed by atoms with Gasteiger partial charge in [-0.15, -0.1) is 0 Å². The molecule has 8 N–H and O–H groups in total. The Morgan fingerprint density at radius 2 is 1.01 bits per heavy atom. The number of aliphatic hydroxyl groups excluding tert-OH is 1. The van der Waals surface area contributed by atoms with Crippen LogP contribution in [0, 0.1) is 0 Å². The van der Waals surface area contributed by atoms with Crippen LogP contribution in [-0.2, 0) is 47.7 Å². The monoisotopic (exact) mass is 988 g/mol. The highest BCUT2D eigenvalue weighted by Gasteiger charge is 2.24. The maximum atomic E-state index is 12.9. The van der Waals surface area contributed by atoms with Crippen LogP contribution in [0.15, 0.2) is 0 Å². The third-order valence-electron chi connectivity index (χ3n) is 11.6. The van der Waals surface area contributed by atoms with Crippen molar-refractivity contribution in [1.82, 2.24) is 16.0 Å². The molecule has 0 aliphatic heterocycles. The molecule has 0 saturated heterocycles. The fourth-order valence-corrected chi connectivity index (χ4v) is 8.42. The molecule has 0 saturated carbocycles. The second-order valence-corrected chi connectivity index (χ2v) is 19.1. The molecule has 0 aromatic rings. The van der Waals surface area contributed by atoms with Crippen LogP contribution in [0.4, 0.5) is 0 Å². The first-order valence-electron chi connectivity index (χ1n) is 26.6. The van der Waals surface area contributed by atoms with Gasteiger partial charge in [0, 0.05) is 43.7 Å². The molecule has 0 spiro atoms. The molecule has 0 aromatic carbocycles. The van der Waals surface area contributed by atoms with Crippen LogP contribution in [0.3, 0.4) is 0 Å². The molecule has 0 unspecified atom stereocenters. The summed E-state index contributed by atoms with van der Waals surface area (Å²) in [5.74, 6) is -2.28. The number of unbranched alkanes of at least 4 members (excludes halogenated alkanes) is 24. The largest absolute Gasteiger partial charge is 0.466 e. The molecule has 0 aromatic heterocycles. The molecule has 0 fully saturated rings. The number of carbonyl (C=O) groups excluding carboxylic acids is 6. The quantitative estimate of drug-likeness (QED) is 0.0256. The van der Waals surface area contributed by atoms with Gasteiger partial charge < -0.3 is 51.5 Å². The normalized spacial score (nSPS) is 12.5. The zero-order chi connectivity index (χ0) is 50.1. The van der Waals surface area contributed by atoms with Crippen LogP contribution in [0.5, 0.6) is 0 Å². The Labute approximate surface area is 415 Å². The summed E-state index contributed by atoms with van der Waals surface area (Å²) in [5, 5.41) is 17.2. The molecule has 398 valence electrons. The van der Waals surface area contributed by atoms with Gasteiger partial charge in [0.25, 0.3) is 0 Å². The molecular formula is C51H97N5O11S. The summed E-state index contributed by atoms with van der Waals surface area (Å²) in [6.07, 6.45) is 32.3. The van der Waals surface area contributed by atoms with E-state index in [-0.39, 0.29) is 76.1 Å². The Morgan fingerprint density at radius 3 is 1.50 bits per heavy atom. The number of primary amides is 1. The van der Waals surface area contributed by atoms with Gasteiger partial charge in [0.05, 0.1) is 52.2 Å². The van der Waals surface area contributed by atoms with Crippen molar-refractivity contribution in [2.45, 2.75) is 225 Å². The smallest absolute Gasteiger partial charge is 0.306 e. The van der Waals surface area contributed by atoms with Gasteiger partial charge >= 0.3 is 11.9 Å². The minimum atomic E-state index is -1.23. The molecule has 0 radical (unpaired) electrons. The SMILES string of the molecule is CCCCCCCCCCCCCCCC(=O)OCC[C@H](CSC[C@H](N)C(=O)N[C@@H](CO)C(=O)NCCOCCOCCC(=O)NCC(N)=O)OC(=O)CCCCCCCCCCCCCCC. The standard InChI is InChI=1S/C51H97N5O11S/c1-3-5-7-9-11-13-15-17-19-21-23-25-27-29-48(60)66-35-31-43(67-49(61)30-28-26-24-22-20-18-16-14-12-10-8-6-4-2)41-68-42-44(52)50(62)56-45(40-57)51(63)54-33-36-65-38-37-64-34-32-47(59)55-39-46(53)58/h43-45,57H,3-42,52H2,1-2H3,(H2,53,58)(H,54,63)(H,55,59)(H,56,62)/t43-,44+,45+/m1/s1. The number of carbonyl (C=O) groups is 6. The van der Waals surface area contributed by atoms with E-state index in [1.165, 1.54) is 140 Å². The van der Waals surface area contributed by atoms with Crippen molar-refractivity contribution in [3.8, 4) is 0 Å². The van der Waals surface area contributed by atoms with E-state index in [1.54, 1.807) is 0 Å². The fourth-order valence-electron chi connectivity index (χ4n) is 7.38. The van der Waals surface area contributed by atoms with Gasteiger partial charge in [-0.05, 0) is 12.8 Å². The van der Waals surface area contributed by atoms with E-state index < -0.39 is 42.5 Å². The molecule has 0 aliphatic rings. The van der Waals surface area contributed by atoms with Gasteiger partial charge in [-0.1, -0.05) is 168 Å². The van der Waals surface area contributed by atoms with Gasteiger partial charge in [-0.3, -0.25) is 28.8 Å². The third-order valence-corrected chi connectivity index (χ3v) is 12.8. The summed E-state index contributed by atoms with van der Waals surface area (Å²) in [5.41, 5.74) is 11.1. The van der Waals surface area contributed by atoms with Crippen molar-refractivity contribution in [3.63, 3.8) is 0 Å². The highest BCUT2D eigenvalue weighted by atomic mass is 32.2. The van der Waals surface area contributed by atoms with Crippen molar-refractivity contribution in [2.75, 3.05) is 64.2 Å². The van der Waals surface area contributed by atoms with Crippen molar-refractivity contribution < 1.29 is 52.8 Å². The zero-order valence-electron chi connectivity index (χ0n) is 42.6. The first kappa shape index (κ1) is 65.0. The molecule has 16 nitrogen and oxygen atoms in total. The van der Waals surface area contributed by atoms with Gasteiger partial charge in [0.15, 0.2) is 0 Å². The molecular weight excluding hydrogens is 891 g/mol. The maximum absolute atomic E-state index is 12.9. The second-order valence-electron chi connectivity index (χ2n) is 18.0. The summed E-state index contributed by atoms with van der Waals surface area (Å²) >= 11 is 1.32. The second kappa shape index (κ2) is 49.0. The first-order valence-corrected chi connectivity index (χ1v) is 27.8. The highest BCUT2D eigenvalue weighted by molar-refractivity contribution is 7.99. The molecule has 0 heterocycles. The Balaban J connectivity index is 4.66. The third kappa shape index (κ3) is 44.2. The van der Waals surface area contributed by atoms with Crippen molar-refractivity contribution in [2.24, 2.45) is 11.5 Å². The lowest BCUT2D eigenvalue weighted by Gasteiger charge is -2.20. The predicted molar refractivity (Wildman–Crippen MR) is 272 cm³/mol. The van der Waals surface area contributed by atoms with E-state index >= 15 is 0 Å². The van der Waals surface area contributed by atoms with Crippen molar-refractivity contribution in [3.05, 3.63) is 0 Å². The summed E-state index contributed by atoms with van der Waals surface area (Å²) in [7, 11) is 0. The molecule has 3 atom stereocenters. The van der Waals surface area contributed by atoms with Crippen LogP contribution in [0.25, 0.3) is 0 Å². The topological polar surface area (TPSA) is 248 Å². The van der Waals surface area contributed by atoms with E-state index in [2.05, 4.69) is 29.8 Å². The van der Waals surface area contributed by atoms with Gasteiger partial charge in [0.1, 0.15) is 12.1 Å². The summed E-state index contributed by atoms with van der Waals surface area (Å²) in [6.45, 7) is 4.52. The predicted octanol–water partition coefficient (Wildman–Crippen LogP) is 7.47. The number of rotatable bonds is 51. The Hall–Kier alpha value is -2.99. The van der Waals surface area contributed by atoms with Crippen LogP contribution in [-0.4, -0.2) is 123 Å². The Kier molecular flexibility index (Phi) is 46.9. The number of amides is 4. The number of hydrogen-bond donors (Lipinski definition) is 6. The van der Waals surface area contributed by atoms with Crippen LogP contribution >= 0.6 is 11.8 Å². The summed E-state index contributed by atoms with van der Waals surface area (Å²) in [6, 6.07) is -2.24. The maximum Gasteiger partial charge on any atom is 0.306 e. The molecule has 0 rings (SSSR count). The fraction of sp³-hybridized carbons (Fsp3) is 0.882. The van der Waals surface area contributed by atoms with Crippen LogP contribution in [0.2, 0.25) is 0 Å². The van der Waals surface area contributed by atoms with E-state index in [1.807, 2.05) is 0 Å². The number of thioether (sulfide) groups is 1. The molecule has 0 aliphatic carbocycles. The van der Waals surface area contributed by atoms with Crippen LogP contribution in [0.1, 0.15) is 206 Å². The van der Waals surface area contributed by atoms with Crippen LogP contribution < -0.4 is 27.4 Å². The first-order chi connectivity index (χ1) is 33.0. The van der Waals surface area contributed by atoms with Crippen molar-refractivity contribution >= 4 is 47.3 Å². The number of nitrogens with two attached hydrogens (primary N) is 2. The summed E-state index contributed by atoms with van der Waals surface area (Å²) < 4.78 is 22.1. The van der Waals surface area contributed by atoms with E-state index in [0.29, 0.717) is 25.0 Å². The molecule has 17 heteroatoms. The molecule has 4 amide bonds. The lowest BCUT2D eigenvalue weighted by molar-refractivity contribution is -0.150. The van der Waals surface area contributed by atoms with E-state index in [9.17, 15) is 33.9 Å². The molecule has 0 bridgehead atoms. The van der Waals surface area contributed by atoms with Gasteiger partial charge in [-0.25, -0.2) is 0 Å². The number of hydrogen-bond acceptors (Lipinski definition) is 13. The van der Waals surface area contributed by atoms with Gasteiger partial charge in [0.2, 0.25) is 23.6 Å². The van der Waals surface area contributed by atoms with E-state index in [0.717, 1.165) is 38.5 Å². The minimum absolute atomic E-state index is 0.0632. The average molecular weight is 988 g/mol. The summed E-state index contributed by atoms with van der Waals surface area (Å²) in [4.78, 5) is 73.2. The average Bonchev–Trinajstić information content (AvgIpc) is 3.32. The van der Waals surface area contributed by atoms with Crippen molar-refractivity contribution in [1.29, 1.82) is 0 Å². The number of esters is 2. The number of aliphatic hydroxyl groups is 1. The molecule has 68 heavy (non-hydrogen) atoms.